The van der Waals surface area contributed by atoms with Crippen molar-refractivity contribution in [3.05, 3.63) is 131 Å². The molecule has 0 amide bonds. The van der Waals surface area contributed by atoms with E-state index in [4.69, 9.17) is 0 Å². The quantitative estimate of drug-likeness (QED) is 0.209. The van der Waals surface area contributed by atoms with E-state index in [0.29, 0.717) is 0 Å². The molecule has 4 aromatic carbocycles. The second kappa shape index (κ2) is 11.4. The fraction of sp³-hybridized carbons (Fsp3) is 0. The Morgan fingerprint density at radius 3 is 1.74 bits per heavy atom. The van der Waals surface area contributed by atoms with Crippen molar-refractivity contribution >= 4 is 0 Å². The Morgan fingerprint density at radius 1 is 0.519 bits per heavy atom. The molecule has 0 unspecified atom stereocenters. The zero-order chi connectivity index (χ0) is 17.9. The second-order valence-electron chi connectivity index (χ2n) is 5.58. The van der Waals surface area contributed by atoms with Crippen LogP contribution in [0.4, 0.5) is 0 Å². The van der Waals surface area contributed by atoms with Crippen LogP contribution in [0, 0.1) is 23.7 Å². The minimum Gasteiger partial charge on any atom is -0.214 e. The summed E-state index contributed by atoms with van der Waals surface area (Å²) < 4.78 is 0. The smallest absolute Gasteiger partial charge is 0.214 e. The van der Waals surface area contributed by atoms with Gasteiger partial charge in [-0.3, -0.25) is 0 Å². The molecule has 4 rings (SSSR count). The van der Waals surface area contributed by atoms with Crippen LogP contribution in [0.5, 0.6) is 0 Å². The third-order valence-corrected chi connectivity index (χ3v) is 3.56. The molecule has 0 aliphatic carbocycles. The first kappa shape index (κ1) is 20.1. The maximum atomic E-state index is 3.18. The maximum absolute atomic E-state index is 3.18. The molecule has 0 radical (unpaired) electrons. The standard InChI is InChI=1S/C21H13.C5H5.Fe/c1-2-7-18(8-3-1)13-15-20-11-6-12-21(17-20)16-14-19-9-4-5-10-19;1-2-4-5-3-1;/h1-12,17H;1-5H;/q2*-1;+2. The predicted octanol–water partition coefficient (Wildman–Crippen LogP) is 5.61. The summed E-state index contributed by atoms with van der Waals surface area (Å²) >= 11 is 0. The van der Waals surface area contributed by atoms with E-state index < -0.39 is 0 Å². The first-order chi connectivity index (χ1) is 12.9. The average Bonchev–Trinajstić information content (AvgIpc) is 3.42. The van der Waals surface area contributed by atoms with E-state index in [9.17, 15) is 0 Å². The van der Waals surface area contributed by atoms with Gasteiger partial charge in [0.05, 0.1) is 0 Å². The number of benzene rings is 2. The minimum absolute atomic E-state index is 0. The molecular weight excluding hydrogens is 368 g/mol. The van der Waals surface area contributed by atoms with Gasteiger partial charge in [0, 0.05) is 16.7 Å². The second-order valence-corrected chi connectivity index (χ2v) is 5.58. The van der Waals surface area contributed by atoms with Crippen molar-refractivity contribution in [3.8, 4) is 23.7 Å². The van der Waals surface area contributed by atoms with Crippen molar-refractivity contribution in [2.45, 2.75) is 0 Å². The fourth-order valence-corrected chi connectivity index (χ4v) is 2.26. The molecule has 0 bridgehead atoms. The molecule has 0 spiro atoms. The Kier molecular flexibility index (Phi) is 8.49. The topological polar surface area (TPSA) is 0 Å². The van der Waals surface area contributed by atoms with E-state index in [-0.39, 0.29) is 17.1 Å². The van der Waals surface area contributed by atoms with Crippen LogP contribution in [0.1, 0.15) is 22.3 Å². The summed E-state index contributed by atoms with van der Waals surface area (Å²) in [6.07, 6.45) is 0. The van der Waals surface area contributed by atoms with Gasteiger partial charge in [-0.2, -0.15) is 42.3 Å². The molecule has 0 saturated carbocycles. The largest absolute Gasteiger partial charge is 2.00 e. The predicted molar refractivity (Wildman–Crippen MR) is 109 cm³/mol. The van der Waals surface area contributed by atoms with Gasteiger partial charge >= 0.3 is 17.1 Å². The van der Waals surface area contributed by atoms with Crippen LogP contribution in [0.15, 0.2) is 109 Å². The normalized spacial score (nSPS) is 8.59. The fourth-order valence-electron chi connectivity index (χ4n) is 2.26. The van der Waals surface area contributed by atoms with Crippen molar-refractivity contribution < 1.29 is 17.1 Å². The summed E-state index contributed by atoms with van der Waals surface area (Å²) in [5, 5.41) is 0. The first-order valence-electron chi connectivity index (χ1n) is 8.48. The van der Waals surface area contributed by atoms with E-state index in [1.54, 1.807) is 0 Å². The SMILES string of the molecule is C(#Cc1cccc(C#Cc2ccc[cH-]2)c1)c1ccccc1.[Fe+2].c1cc[cH-]c1. The maximum Gasteiger partial charge on any atom is 2.00 e. The van der Waals surface area contributed by atoms with Crippen molar-refractivity contribution in [3.63, 3.8) is 0 Å². The van der Waals surface area contributed by atoms with Crippen molar-refractivity contribution in [2.75, 3.05) is 0 Å². The summed E-state index contributed by atoms with van der Waals surface area (Å²) in [4.78, 5) is 0. The molecule has 0 aromatic heterocycles. The molecular formula is C26H18Fe. The monoisotopic (exact) mass is 386 g/mol. The van der Waals surface area contributed by atoms with Gasteiger partial charge in [0.15, 0.2) is 0 Å². The molecule has 0 nitrogen and oxygen atoms in total. The van der Waals surface area contributed by atoms with Gasteiger partial charge in [-0.25, -0.2) is 12.1 Å². The summed E-state index contributed by atoms with van der Waals surface area (Å²) in [6, 6.07) is 36.0. The Bertz CT molecular complexity index is 999. The van der Waals surface area contributed by atoms with E-state index in [1.165, 1.54) is 0 Å². The molecule has 4 aromatic rings. The van der Waals surface area contributed by atoms with Crippen LogP contribution in [0.2, 0.25) is 0 Å². The van der Waals surface area contributed by atoms with Gasteiger partial charge in [-0.05, 0) is 30.3 Å². The summed E-state index contributed by atoms with van der Waals surface area (Å²) in [6.45, 7) is 0. The van der Waals surface area contributed by atoms with Gasteiger partial charge in [0.25, 0.3) is 0 Å². The molecule has 0 saturated heterocycles. The van der Waals surface area contributed by atoms with Gasteiger partial charge in [-0.1, -0.05) is 36.1 Å². The van der Waals surface area contributed by atoms with E-state index >= 15 is 0 Å². The van der Waals surface area contributed by atoms with Gasteiger partial charge in [-0.15, -0.1) is 17.6 Å². The summed E-state index contributed by atoms with van der Waals surface area (Å²) in [5.74, 6) is 12.6. The van der Waals surface area contributed by atoms with Crippen LogP contribution in [-0.4, -0.2) is 0 Å². The van der Waals surface area contributed by atoms with Crippen molar-refractivity contribution in [1.29, 1.82) is 0 Å². The van der Waals surface area contributed by atoms with Gasteiger partial charge in [0.1, 0.15) is 0 Å². The number of hydrogen-bond donors (Lipinski definition) is 0. The molecule has 0 aliphatic rings. The van der Waals surface area contributed by atoms with Gasteiger partial charge < -0.3 is 0 Å². The molecule has 0 fully saturated rings. The molecule has 0 N–H and O–H groups in total. The Balaban J connectivity index is 0.000000379. The Morgan fingerprint density at radius 2 is 1.15 bits per heavy atom. The molecule has 1 heteroatoms. The molecule has 130 valence electrons. The molecule has 0 heterocycles. The van der Waals surface area contributed by atoms with Crippen molar-refractivity contribution in [2.24, 2.45) is 0 Å². The molecule has 0 aliphatic heterocycles. The third kappa shape index (κ3) is 7.27. The van der Waals surface area contributed by atoms with E-state index in [0.717, 1.165) is 22.3 Å². The van der Waals surface area contributed by atoms with Crippen LogP contribution < -0.4 is 0 Å². The average molecular weight is 386 g/mol. The molecule has 27 heavy (non-hydrogen) atoms. The van der Waals surface area contributed by atoms with Crippen LogP contribution in [0.3, 0.4) is 0 Å². The number of hydrogen-bond acceptors (Lipinski definition) is 0. The third-order valence-electron chi connectivity index (χ3n) is 3.56. The Labute approximate surface area is 172 Å². The van der Waals surface area contributed by atoms with Crippen molar-refractivity contribution in [1.82, 2.24) is 0 Å². The summed E-state index contributed by atoms with van der Waals surface area (Å²) in [7, 11) is 0. The minimum atomic E-state index is 0. The molecule has 0 atom stereocenters. The van der Waals surface area contributed by atoms with Crippen LogP contribution >= 0.6 is 0 Å². The van der Waals surface area contributed by atoms with E-state index in [2.05, 4.69) is 23.7 Å². The Hall–Kier alpha value is -3.22. The van der Waals surface area contributed by atoms with E-state index in [1.807, 2.05) is 109 Å². The number of rotatable bonds is 0. The van der Waals surface area contributed by atoms with Gasteiger partial charge in [0.2, 0.25) is 0 Å². The zero-order valence-electron chi connectivity index (χ0n) is 14.7. The van der Waals surface area contributed by atoms with Crippen LogP contribution in [0.25, 0.3) is 0 Å². The zero-order valence-corrected chi connectivity index (χ0v) is 15.9. The first-order valence-corrected chi connectivity index (χ1v) is 8.48. The van der Waals surface area contributed by atoms with Crippen LogP contribution in [-0.2, 0) is 17.1 Å². The summed E-state index contributed by atoms with van der Waals surface area (Å²) in [5.41, 5.74) is 4.02.